The highest BCUT2D eigenvalue weighted by molar-refractivity contribution is 7.94. The number of carbonyl (C=O) groups is 1. The minimum absolute atomic E-state index is 0.0243. The van der Waals surface area contributed by atoms with Gasteiger partial charge in [-0.3, -0.25) is 0 Å². The predicted octanol–water partition coefficient (Wildman–Crippen LogP) is 2.53. The molecular weight excluding hydrogens is 216 g/mol. The van der Waals surface area contributed by atoms with Crippen LogP contribution in [0.4, 0.5) is 0 Å². The summed E-state index contributed by atoms with van der Waals surface area (Å²) >= 11 is 6.25. The van der Waals surface area contributed by atoms with E-state index in [2.05, 4.69) is 4.33 Å². The molecule has 1 aromatic rings. The minimum atomic E-state index is -1.12. The fourth-order valence-corrected chi connectivity index (χ4v) is 1.34. The van der Waals surface area contributed by atoms with Crippen LogP contribution in [0.1, 0.15) is 10.4 Å². The van der Waals surface area contributed by atoms with Crippen LogP contribution in [0.5, 0.6) is 0 Å². The first-order valence-electron chi connectivity index (χ1n) is 3.16. The summed E-state index contributed by atoms with van der Waals surface area (Å²) in [5.41, 5.74) is -0.0243. The van der Waals surface area contributed by atoms with Crippen LogP contribution in [0.25, 0.3) is 0 Å². The van der Waals surface area contributed by atoms with Crippen LogP contribution < -0.4 is 0 Å². The number of benzene rings is 1. The van der Waals surface area contributed by atoms with Gasteiger partial charge in [0.25, 0.3) is 0 Å². The Labute approximate surface area is 83.2 Å². The largest absolute Gasteiger partial charge is 0.478 e. The van der Waals surface area contributed by atoms with Gasteiger partial charge in [0, 0.05) is 4.90 Å². The van der Waals surface area contributed by atoms with Crippen LogP contribution >= 0.6 is 23.6 Å². The normalized spacial score (nSPS) is 10.0. The molecule has 6 heteroatoms. The van der Waals surface area contributed by atoms with Gasteiger partial charge in [-0.25, -0.2) is 10.1 Å². The van der Waals surface area contributed by atoms with Crippen LogP contribution in [0.3, 0.4) is 0 Å². The molecule has 4 nitrogen and oxygen atoms in total. The second-order valence-electron chi connectivity index (χ2n) is 2.10. The highest BCUT2D eigenvalue weighted by Crippen LogP contribution is 2.24. The van der Waals surface area contributed by atoms with Crippen LogP contribution in [0.2, 0.25) is 5.02 Å². The Hall–Kier alpha value is -0.750. The molecule has 0 unspecified atom stereocenters. The van der Waals surface area contributed by atoms with E-state index >= 15 is 0 Å². The lowest BCUT2D eigenvalue weighted by Crippen LogP contribution is -1.97. The third kappa shape index (κ3) is 2.60. The first-order valence-corrected chi connectivity index (χ1v) is 4.28. The molecule has 2 N–H and O–H groups in total. The summed E-state index contributed by atoms with van der Waals surface area (Å²) in [7, 11) is 0. The van der Waals surface area contributed by atoms with Crippen molar-refractivity contribution in [2.45, 2.75) is 4.90 Å². The first kappa shape index (κ1) is 10.3. The van der Waals surface area contributed by atoms with E-state index in [1.54, 1.807) is 0 Å². The Balaban J connectivity index is 3.04. The van der Waals surface area contributed by atoms with Crippen molar-refractivity contribution < 1.29 is 19.5 Å². The van der Waals surface area contributed by atoms with Crippen LogP contribution in [0, 0.1) is 0 Å². The molecule has 0 saturated heterocycles. The number of hydrogen-bond donors (Lipinski definition) is 2. The molecule has 0 heterocycles. The van der Waals surface area contributed by atoms with Gasteiger partial charge in [-0.15, -0.1) is 0 Å². The van der Waals surface area contributed by atoms with Gasteiger partial charge in [0.05, 0.1) is 22.6 Å². The number of rotatable bonds is 3. The molecule has 0 saturated carbocycles. The Bertz CT molecular complexity index is 328. The molecule has 70 valence electrons. The Kier molecular flexibility index (Phi) is 3.56. The zero-order valence-corrected chi connectivity index (χ0v) is 7.80. The summed E-state index contributed by atoms with van der Waals surface area (Å²) in [6.45, 7) is 0. The van der Waals surface area contributed by atoms with Gasteiger partial charge < -0.3 is 5.11 Å². The standard InChI is InChI=1S/C7H5ClO4S/c8-6-2-1-4(13-12-11)3-5(6)7(9)10/h1-3,11H,(H,9,10). The van der Waals surface area contributed by atoms with Gasteiger partial charge in [0.2, 0.25) is 0 Å². The summed E-state index contributed by atoms with van der Waals surface area (Å²) < 4.78 is 3.78. The number of carboxylic acid groups (broad SMARTS) is 1. The summed E-state index contributed by atoms with van der Waals surface area (Å²) in [6.07, 6.45) is 0. The molecule has 0 aliphatic rings. The highest BCUT2D eigenvalue weighted by atomic mass is 35.5. The molecule has 0 bridgehead atoms. The molecule has 1 aromatic carbocycles. The van der Waals surface area contributed by atoms with Gasteiger partial charge in [0.1, 0.15) is 0 Å². The van der Waals surface area contributed by atoms with Crippen molar-refractivity contribution in [1.29, 1.82) is 0 Å². The average molecular weight is 221 g/mol. The van der Waals surface area contributed by atoms with E-state index in [9.17, 15) is 4.79 Å². The molecule has 0 aliphatic heterocycles. The minimum Gasteiger partial charge on any atom is -0.478 e. The average Bonchev–Trinajstić information content (AvgIpc) is 2.08. The fourth-order valence-electron chi connectivity index (χ4n) is 0.763. The molecule has 0 atom stereocenters. The molecule has 0 spiro atoms. The Morgan fingerprint density at radius 1 is 1.54 bits per heavy atom. The summed E-state index contributed by atoms with van der Waals surface area (Å²) in [4.78, 5) is 11.0. The van der Waals surface area contributed by atoms with Gasteiger partial charge in [0.15, 0.2) is 0 Å². The van der Waals surface area contributed by atoms with E-state index in [1.165, 1.54) is 18.2 Å². The Morgan fingerprint density at radius 3 is 2.77 bits per heavy atom. The van der Waals surface area contributed by atoms with Crippen molar-refractivity contribution in [3.63, 3.8) is 0 Å². The van der Waals surface area contributed by atoms with Crippen LogP contribution in [-0.2, 0) is 4.33 Å². The molecule has 1 rings (SSSR count). The van der Waals surface area contributed by atoms with Crippen LogP contribution in [0.15, 0.2) is 23.1 Å². The van der Waals surface area contributed by atoms with E-state index in [0.717, 1.165) is 0 Å². The van der Waals surface area contributed by atoms with Crippen LogP contribution in [-0.4, -0.2) is 16.3 Å². The number of halogens is 1. The molecule has 13 heavy (non-hydrogen) atoms. The zero-order chi connectivity index (χ0) is 9.84. The maximum Gasteiger partial charge on any atom is 0.337 e. The van der Waals surface area contributed by atoms with Crippen molar-refractivity contribution in [3.05, 3.63) is 28.8 Å². The number of hydrogen-bond acceptors (Lipinski definition) is 4. The molecule has 0 fully saturated rings. The lowest BCUT2D eigenvalue weighted by Gasteiger charge is -2.00. The number of carboxylic acids is 1. The van der Waals surface area contributed by atoms with Crippen molar-refractivity contribution >= 4 is 29.6 Å². The lowest BCUT2D eigenvalue weighted by atomic mass is 10.2. The van der Waals surface area contributed by atoms with Crippen molar-refractivity contribution in [3.8, 4) is 0 Å². The van der Waals surface area contributed by atoms with Gasteiger partial charge in [-0.1, -0.05) is 11.6 Å². The molecule has 0 amide bonds. The van der Waals surface area contributed by atoms with Gasteiger partial charge in [-0.05, 0) is 18.2 Å². The summed E-state index contributed by atoms with van der Waals surface area (Å²) in [5, 5.41) is 16.9. The SMILES string of the molecule is O=C(O)c1cc(SOO)ccc1Cl. The highest BCUT2D eigenvalue weighted by Gasteiger charge is 2.09. The molecule has 0 aromatic heterocycles. The van der Waals surface area contributed by atoms with Crippen molar-refractivity contribution in [2.24, 2.45) is 0 Å². The smallest absolute Gasteiger partial charge is 0.337 e. The molecular formula is C7H5ClO4S. The number of aromatic carboxylic acids is 1. The monoisotopic (exact) mass is 220 g/mol. The summed E-state index contributed by atoms with van der Waals surface area (Å²) in [6, 6.07) is 4.27. The van der Waals surface area contributed by atoms with E-state index in [4.69, 9.17) is 22.0 Å². The van der Waals surface area contributed by atoms with E-state index in [1.807, 2.05) is 0 Å². The lowest BCUT2D eigenvalue weighted by molar-refractivity contribution is -0.116. The fraction of sp³-hybridized carbons (Fsp3) is 0. The quantitative estimate of drug-likeness (QED) is 0.466. The zero-order valence-electron chi connectivity index (χ0n) is 6.23. The maximum atomic E-state index is 10.6. The topological polar surface area (TPSA) is 66.8 Å². The summed E-state index contributed by atoms with van der Waals surface area (Å²) in [5.74, 6) is -1.12. The second kappa shape index (κ2) is 4.48. The van der Waals surface area contributed by atoms with E-state index < -0.39 is 5.97 Å². The van der Waals surface area contributed by atoms with Crippen molar-refractivity contribution in [1.82, 2.24) is 0 Å². The van der Waals surface area contributed by atoms with Gasteiger partial charge >= 0.3 is 5.97 Å². The van der Waals surface area contributed by atoms with Crippen molar-refractivity contribution in [2.75, 3.05) is 0 Å². The third-order valence-corrected chi connectivity index (χ3v) is 2.15. The maximum absolute atomic E-state index is 10.6. The third-order valence-electron chi connectivity index (χ3n) is 1.30. The molecule has 0 radical (unpaired) electrons. The predicted molar refractivity (Wildman–Crippen MR) is 48.0 cm³/mol. The molecule has 0 aliphatic carbocycles. The second-order valence-corrected chi connectivity index (χ2v) is 3.30. The van der Waals surface area contributed by atoms with E-state index in [0.29, 0.717) is 16.9 Å². The van der Waals surface area contributed by atoms with Gasteiger partial charge in [-0.2, -0.15) is 4.33 Å². The Morgan fingerprint density at radius 2 is 2.23 bits per heavy atom. The first-order chi connectivity index (χ1) is 6.15. The van der Waals surface area contributed by atoms with E-state index in [-0.39, 0.29) is 10.6 Å².